The number of hydrogen-bond acceptors (Lipinski definition) is 4. The number of hydrogen-bond donors (Lipinski definition) is 0. The van der Waals surface area contributed by atoms with Crippen molar-refractivity contribution in [3.63, 3.8) is 0 Å². The average molecular weight is 382 g/mol. The third kappa shape index (κ3) is 3.42. The molecule has 3 aromatic rings. The van der Waals surface area contributed by atoms with E-state index in [9.17, 15) is 9.59 Å². The van der Waals surface area contributed by atoms with E-state index in [1.807, 2.05) is 21.6 Å². The number of carbonyl (C=O) groups excluding carboxylic acids is 1. The average Bonchev–Trinajstić information content (AvgIpc) is 2.89. The highest BCUT2D eigenvalue weighted by atomic mass is 16.5. The van der Waals surface area contributed by atoms with E-state index in [1.165, 1.54) is 4.40 Å². The molecule has 7 nitrogen and oxygen atoms in total. The summed E-state index contributed by atoms with van der Waals surface area (Å²) in [6.07, 6.45) is 6.84. The Bertz CT molecular complexity index is 1040. The van der Waals surface area contributed by atoms with Crippen molar-refractivity contribution in [2.24, 2.45) is 0 Å². The maximum atomic E-state index is 13.3. The number of nitrogens with zero attached hydrogens (tertiary/aromatic N) is 4. The number of rotatable bonds is 5. The van der Waals surface area contributed by atoms with E-state index < -0.39 is 0 Å². The van der Waals surface area contributed by atoms with Crippen molar-refractivity contribution in [1.82, 2.24) is 18.9 Å². The Kier molecular flexibility index (Phi) is 5.43. The molecule has 4 heterocycles. The van der Waals surface area contributed by atoms with Crippen LogP contribution in [0.15, 0.2) is 35.3 Å². The molecule has 1 saturated heterocycles. The summed E-state index contributed by atoms with van der Waals surface area (Å²) in [6, 6.07) is 7.20. The van der Waals surface area contributed by atoms with Crippen LogP contribution in [0.2, 0.25) is 0 Å². The van der Waals surface area contributed by atoms with Gasteiger partial charge in [0.2, 0.25) is 0 Å². The van der Waals surface area contributed by atoms with E-state index in [4.69, 9.17) is 9.72 Å². The van der Waals surface area contributed by atoms with E-state index in [0.717, 1.165) is 45.2 Å². The van der Waals surface area contributed by atoms with Gasteiger partial charge in [-0.2, -0.15) is 0 Å². The first kappa shape index (κ1) is 18.7. The predicted octanol–water partition coefficient (Wildman–Crippen LogP) is 2.70. The van der Waals surface area contributed by atoms with Gasteiger partial charge in [-0.3, -0.25) is 14.0 Å². The molecule has 0 unspecified atom stereocenters. The van der Waals surface area contributed by atoms with Crippen molar-refractivity contribution in [2.75, 3.05) is 26.8 Å². The topological polar surface area (TPSA) is 68.8 Å². The van der Waals surface area contributed by atoms with Crippen LogP contribution in [0.5, 0.6) is 0 Å². The number of pyridine rings is 1. The minimum Gasteiger partial charge on any atom is -0.385 e. The summed E-state index contributed by atoms with van der Waals surface area (Å²) in [5.41, 5.74) is 1.56. The zero-order valence-electron chi connectivity index (χ0n) is 16.3. The smallest absolute Gasteiger partial charge is 0.270 e. The van der Waals surface area contributed by atoms with Gasteiger partial charge in [-0.25, -0.2) is 4.98 Å². The summed E-state index contributed by atoms with van der Waals surface area (Å²) in [7, 11) is 1.66. The van der Waals surface area contributed by atoms with Crippen LogP contribution in [-0.2, 0) is 11.3 Å². The fourth-order valence-electron chi connectivity index (χ4n) is 3.96. The van der Waals surface area contributed by atoms with Gasteiger partial charge in [0.1, 0.15) is 17.0 Å². The lowest BCUT2D eigenvalue weighted by molar-refractivity contribution is 0.0750. The number of fused-ring (bicyclic) bond motifs is 2. The Morgan fingerprint density at radius 1 is 1.18 bits per heavy atom. The van der Waals surface area contributed by atoms with Gasteiger partial charge >= 0.3 is 0 Å². The summed E-state index contributed by atoms with van der Waals surface area (Å²) in [5.74, 6) is -0.00854. The highest BCUT2D eigenvalue weighted by Crippen LogP contribution is 2.20. The Morgan fingerprint density at radius 2 is 1.96 bits per heavy atom. The quantitative estimate of drug-likeness (QED) is 0.636. The van der Waals surface area contributed by atoms with Crippen LogP contribution >= 0.6 is 0 Å². The molecule has 148 valence electrons. The molecule has 0 spiro atoms. The summed E-state index contributed by atoms with van der Waals surface area (Å²) >= 11 is 0. The van der Waals surface area contributed by atoms with Crippen LogP contribution in [0.4, 0.5) is 0 Å². The molecule has 0 radical (unpaired) electrons. The molecular weight excluding hydrogens is 356 g/mol. The third-order valence-corrected chi connectivity index (χ3v) is 5.42. The summed E-state index contributed by atoms with van der Waals surface area (Å²) in [4.78, 5) is 32.9. The van der Waals surface area contributed by atoms with Gasteiger partial charge < -0.3 is 14.2 Å². The summed E-state index contributed by atoms with van der Waals surface area (Å²) in [6.45, 7) is 2.71. The van der Waals surface area contributed by atoms with Gasteiger partial charge in [0.25, 0.3) is 11.5 Å². The minimum atomic E-state index is -0.143. The van der Waals surface area contributed by atoms with Crippen LogP contribution in [0.3, 0.4) is 0 Å². The van der Waals surface area contributed by atoms with E-state index in [2.05, 4.69) is 0 Å². The maximum absolute atomic E-state index is 13.3. The molecular formula is C21H26N4O3. The first-order chi connectivity index (χ1) is 13.7. The number of amides is 1. The molecule has 28 heavy (non-hydrogen) atoms. The monoisotopic (exact) mass is 382 g/mol. The van der Waals surface area contributed by atoms with Crippen molar-refractivity contribution >= 4 is 22.6 Å². The molecule has 0 saturated carbocycles. The van der Waals surface area contributed by atoms with Crippen LogP contribution in [0, 0.1) is 0 Å². The number of methoxy groups -OCH3 is 1. The van der Waals surface area contributed by atoms with Crippen LogP contribution in [0.1, 0.15) is 42.6 Å². The Hall–Kier alpha value is -2.67. The molecule has 3 aromatic heterocycles. The number of likely N-dealkylation sites (tertiary alicyclic amines) is 1. The standard InChI is InChI=1S/C21H26N4O3/c1-28-14-8-13-24-17(21(27)23-10-5-2-3-6-11-23)15-16-19(24)22-18-9-4-7-12-25(18)20(16)26/h4,7,9,12,15H,2-3,5-6,8,10-11,13-14H2,1H3. The van der Waals surface area contributed by atoms with Crippen molar-refractivity contribution in [3.05, 3.63) is 46.5 Å². The van der Waals surface area contributed by atoms with E-state index in [0.29, 0.717) is 35.5 Å². The molecule has 1 aliphatic rings. The van der Waals surface area contributed by atoms with Crippen LogP contribution < -0.4 is 5.56 Å². The van der Waals surface area contributed by atoms with Gasteiger partial charge in [-0.05, 0) is 37.5 Å². The lowest BCUT2D eigenvalue weighted by Crippen LogP contribution is -2.33. The Balaban J connectivity index is 1.84. The SMILES string of the molecule is COCCCn1c(C(=O)N2CCCCCC2)cc2c(=O)n3ccccc3nc21. The second-order valence-electron chi connectivity index (χ2n) is 7.32. The molecule has 7 heteroatoms. The molecule has 0 N–H and O–H groups in total. The van der Waals surface area contributed by atoms with Crippen molar-refractivity contribution < 1.29 is 9.53 Å². The second kappa shape index (κ2) is 8.14. The lowest BCUT2D eigenvalue weighted by Gasteiger charge is -2.21. The molecule has 1 aliphatic heterocycles. The number of aryl methyl sites for hydroxylation is 1. The molecule has 0 aromatic carbocycles. The van der Waals surface area contributed by atoms with E-state index >= 15 is 0 Å². The van der Waals surface area contributed by atoms with Gasteiger partial charge in [0.05, 0.1) is 5.39 Å². The van der Waals surface area contributed by atoms with E-state index in [1.54, 1.807) is 25.4 Å². The Labute approximate surface area is 163 Å². The fourth-order valence-corrected chi connectivity index (χ4v) is 3.96. The number of ether oxygens (including phenoxy) is 1. The molecule has 0 atom stereocenters. The Morgan fingerprint density at radius 3 is 2.71 bits per heavy atom. The van der Waals surface area contributed by atoms with Crippen LogP contribution in [0.25, 0.3) is 16.7 Å². The zero-order chi connectivity index (χ0) is 19.5. The molecule has 0 bridgehead atoms. The van der Waals surface area contributed by atoms with Gasteiger partial charge in [-0.15, -0.1) is 0 Å². The maximum Gasteiger partial charge on any atom is 0.270 e. The molecule has 1 amide bonds. The molecule has 1 fully saturated rings. The molecule has 4 rings (SSSR count). The van der Waals surface area contributed by atoms with E-state index in [-0.39, 0.29) is 11.5 Å². The molecule has 0 aliphatic carbocycles. The number of aromatic nitrogens is 3. The van der Waals surface area contributed by atoms with Crippen molar-refractivity contribution in [1.29, 1.82) is 0 Å². The van der Waals surface area contributed by atoms with Gasteiger partial charge in [0.15, 0.2) is 0 Å². The second-order valence-corrected chi connectivity index (χ2v) is 7.32. The van der Waals surface area contributed by atoms with Gasteiger partial charge in [0, 0.05) is 39.5 Å². The zero-order valence-corrected chi connectivity index (χ0v) is 16.3. The summed E-state index contributed by atoms with van der Waals surface area (Å²) < 4.78 is 8.61. The van der Waals surface area contributed by atoms with Crippen molar-refractivity contribution in [3.8, 4) is 0 Å². The van der Waals surface area contributed by atoms with Crippen molar-refractivity contribution in [2.45, 2.75) is 38.6 Å². The highest BCUT2D eigenvalue weighted by molar-refractivity contribution is 5.98. The largest absolute Gasteiger partial charge is 0.385 e. The normalized spacial score (nSPS) is 15.2. The summed E-state index contributed by atoms with van der Waals surface area (Å²) in [5, 5.41) is 0.485. The fraction of sp³-hybridized carbons (Fsp3) is 0.476. The lowest BCUT2D eigenvalue weighted by atomic mass is 10.2. The highest BCUT2D eigenvalue weighted by Gasteiger charge is 2.24. The first-order valence-electron chi connectivity index (χ1n) is 9.99. The third-order valence-electron chi connectivity index (χ3n) is 5.42. The predicted molar refractivity (Wildman–Crippen MR) is 108 cm³/mol. The van der Waals surface area contributed by atoms with Crippen LogP contribution in [-0.4, -0.2) is 51.6 Å². The minimum absolute atomic E-state index is 0.00854. The van der Waals surface area contributed by atoms with Gasteiger partial charge in [-0.1, -0.05) is 18.9 Å². The first-order valence-corrected chi connectivity index (χ1v) is 9.99. The number of carbonyl (C=O) groups is 1.